The van der Waals surface area contributed by atoms with Crippen molar-refractivity contribution in [2.24, 2.45) is 0 Å². The van der Waals surface area contributed by atoms with Gasteiger partial charge in [-0.3, -0.25) is 14.9 Å². The summed E-state index contributed by atoms with van der Waals surface area (Å²) in [5.41, 5.74) is -0.420. The van der Waals surface area contributed by atoms with Gasteiger partial charge < -0.3 is 4.90 Å². The summed E-state index contributed by atoms with van der Waals surface area (Å²) in [7, 11) is 0. The first-order valence-electron chi connectivity index (χ1n) is 7.29. The Bertz CT molecular complexity index is 546. The number of nitro groups is 1. The normalized spacial score (nSPS) is 18.6. The molecule has 0 spiro atoms. The standard InChI is InChI=1S/C15H19FN2O3/c1-2-5-12-6-3-4-9-17(12)15(19)11-7-8-14(18(20)21)13(16)10-11/h7-8,10,12H,2-6,9H2,1H3. The van der Waals surface area contributed by atoms with Crippen LogP contribution in [0, 0.1) is 15.9 Å². The Hall–Kier alpha value is -1.98. The molecule has 1 unspecified atom stereocenters. The lowest BCUT2D eigenvalue weighted by Crippen LogP contribution is -2.43. The van der Waals surface area contributed by atoms with E-state index in [0.29, 0.717) is 6.54 Å². The average molecular weight is 294 g/mol. The Morgan fingerprint density at radius 3 is 2.86 bits per heavy atom. The van der Waals surface area contributed by atoms with Gasteiger partial charge in [0.05, 0.1) is 4.92 Å². The summed E-state index contributed by atoms with van der Waals surface area (Å²) < 4.78 is 13.7. The smallest absolute Gasteiger partial charge is 0.304 e. The van der Waals surface area contributed by atoms with E-state index in [0.717, 1.165) is 44.2 Å². The largest absolute Gasteiger partial charge is 0.336 e. The fourth-order valence-electron chi connectivity index (χ4n) is 2.86. The maximum Gasteiger partial charge on any atom is 0.304 e. The van der Waals surface area contributed by atoms with Crippen LogP contribution in [0.15, 0.2) is 18.2 Å². The second-order valence-electron chi connectivity index (χ2n) is 5.36. The van der Waals surface area contributed by atoms with Crippen LogP contribution in [0.3, 0.4) is 0 Å². The van der Waals surface area contributed by atoms with E-state index in [2.05, 4.69) is 6.92 Å². The highest BCUT2D eigenvalue weighted by Crippen LogP contribution is 2.25. The molecule has 0 N–H and O–H groups in total. The molecular weight excluding hydrogens is 275 g/mol. The van der Waals surface area contributed by atoms with Crippen LogP contribution in [0.25, 0.3) is 0 Å². The van der Waals surface area contributed by atoms with Crippen LogP contribution in [0.1, 0.15) is 49.4 Å². The predicted molar refractivity (Wildman–Crippen MR) is 76.6 cm³/mol. The molecule has 1 amide bonds. The lowest BCUT2D eigenvalue weighted by atomic mass is 9.97. The molecule has 1 aliphatic rings. The van der Waals surface area contributed by atoms with E-state index < -0.39 is 16.4 Å². The molecule has 0 saturated carbocycles. The molecule has 1 aliphatic heterocycles. The van der Waals surface area contributed by atoms with E-state index in [-0.39, 0.29) is 17.5 Å². The quantitative estimate of drug-likeness (QED) is 0.630. The van der Waals surface area contributed by atoms with Crippen molar-refractivity contribution in [3.8, 4) is 0 Å². The highest BCUT2D eigenvalue weighted by molar-refractivity contribution is 5.94. The van der Waals surface area contributed by atoms with Gasteiger partial charge in [-0.2, -0.15) is 4.39 Å². The van der Waals surface area contributed by atoms with Gasteiger partial charge in [0, 0.05) is 24.2 Å². The number of piperidine rings is 1. The van der Waals surface area contributed by atoms with Gasteiger partial charge in [0.2, 0.25) is 5.82 Å². The van der Waals surface area contributed by atoms with Gasteiger partial charge in [-0.15, -0.1) is 0 Å². The highest BCUT2D eigenvalue weighted by atomic mass is 19.1. The first-order valence-corrected chi connectivity index (χ1v) is 7.29. The number of benzene rings is 1. The number of nitro benzene ring substituents is 1. The minimum absolute atomic E-state index is 0.182. The van der Waals surface area contributed by atoms with E-state index >= 15 is 0 Å². The molecule has 5 nitrogen and oxygen atoms in total. The molecule has 1 aromatic carbocycles. The first kappa shape index (κ1) is 15.4. The van der Waals surface area contributed by atoms with Crippen LogP contribution in [0.4, 0.5) is 10.1 Å². The third-order valence-electron chi connectivity index (χ3n) is 3.90. The number of amides is 1. The van der Waals surface area contributed by atoms with Gasteiger partial charge in [-0.25, -0.2) is 0 Å². The molecular formula is C15H19FN2O3. The predicted octanol–water partition coefficient (Wildman–Crippen LogP) is 3.53. The Labute approximate surface area is 122 Å². The van der Waals surface area contributed by atoms with Gasteiger partial charge in [0.15, 0.2) is 0 Å². The maximum atomic E-state index is 13.7. The molecule has 1 aromatic rings. The first-order chi connectivity index (χ1) is 10.0. The summed E-state index contributed by atoms with van der Waals surface area (Å²) in [5, 5.41) is 10.6. The average Bonchev–Trinajstić information content (AvgIpc) is 2.47. The van der Waals surface area contributed by atoms with Crippen LogP contribution in [0.2, 0.25) is 0 Å². The molecule has 0 bridgehead atoms. The lowest BCUT2D eigenvalue weighted by Gasteiger charge is -2.35. The number of carbonyl (C=O) groups is 1. The van der Waals surface area contributed by atoms with Crippen molar-refractivity contribution < 1.29 is 14.1 Å². The van der Waals surface area contributed by atoms with Crippen LogP contribution < -0.4 is 0 Å². The molecule has 21 heavy (non-hydrogen) atoms. The molecule has 1 fully saturated rings. The minimum atomic E-state index is -0.963. The van der Waals surface area contributed by atoms with Gasteiger partial charge >= 0.3 is 5.69 Å². The van der Waals surface area contributed by atoms with Gasteiger partial charge in [-0.1, -0.05) is 13.3 Å². The van der Waals surface area contributed by atoms with E-state index in [1.165, 1.54) is 6.07 Å². The fraction of sp³-hybridized carbons (Fsp3) is 0.533. The molecule has 1 atom stereocenters. The zero-order valence-electron chi connectivity index (χ0n) is 12.0. The monoisotopic (exact) mass is 294 g/mol. The van der Waals surface area contributed by atoms with Crippen molar-refractivity contribution >= 4 is 11.6 Å². The van der Waals surface area contributed by atoms with Crippen molar-refractivity contribution in [1.82, 2.24) is 4.90 Å². The summed E-state index contributed by atoms with van der Waals surface area (Å²) in [6.45, 7) is 2.74. The summed E-state index contributed by atoms with van der Waals surface area (Å²) in [6, 6.07) is 3.55. The number of nitrogens with zero attached hydrogens (tertiary/aromatic N) is 2. The zero-order chi connectivity index (χ0) is 15.4. The summed E-state index contributed by atoms with van der Waals surface area (Å²) in [5.74, 6) is -1.20. The highest BCUT2D eigenvalue weighted by Gasteiger charge is 2.27. The van der Waals surface area contributed by atoms with Crippen molar-refractivity contribution in [1.29, 1.82) is 0 Å². The number of halogens is 1. The summed E-state index contributed by atoms with van der Waals surface area (Å²) in [4.78, 5) is 24.1. The zero-order valence-corrected chi connectivity index (χ0v) is 12.0. The van der Waals surface area contributed by atoms with E-state index in [1.807, 2.05) is 0 Å². The Balaban J connectivity index is 2.22. The van der Waals surface area contributed by atoms with Crippen molar-refractivity contribution in [3.05, 3.63) is 39.7 Å². The number of hydrogen-bond donors (Lipinski definition) is 0. The summed E-state index contributed by atoms with van der Waals surface area (Å²) in [6.07, 6.45) is 4.93. The number of carbonyl (C=O) groups excluding carboxylic acids is 1. The number of rotatable bonds is 4. The molecule has 2 rings (SSSR count). The van der Waals surface area contributed by atoms with Crippen molar-refractivity contribution in [2.45, 2.75) is 45.1 Å². The molecule has 0 aromatic heterocycles. The molecule has 6 heteroatoms. The van der Waals surface area contributed by atoms with Crippen molar-refractivity contribution in [2.75, 3.05) is 6.54 Å². The third-order valence-corrected chi connectivity index (χ3v) is 3.90. The Morgan fingerprint density at radius 1 is 1.48 bits per heavy atom. The Morgan fingerprint density at radius 2 is 2.24 bits per heavy atom. The number of likely N-dealkylation sites (tertiary alicyclic amines) is 1. The second-order valence-corrected chi connectivity index (χ2v) is 5.36. The van der Waals surface area contributed by atoms with Gasteiger partial charge in [0.1, 0.15) is 0 Å². The maximum absolute atomic E-state index is 13.7. The second kappa shape index (κ2) is 6.65. The molecule has 1 heterocycles. The van der Waals surface area contributed by atoms with Crippen LogP contribution >= 0.6 is 0 Å². The lowest BCUT2D eigenvalue weighted by molar-refractivity contribution is -0.387. The van der Waals surface area contributed by atoms with E-state index in [1.54, 1.807) is 4.90 Å². The third kappa shape index (κ3) is 3.37. The van der Waals surface area contributed by atoms with Crippen LogP contribution in [0.5, 0.6) is 0 Å². The fourth-order valence-corrected chi connectivity index (χ4v) is 2.86. The molecule has 1 saturated heterocycles. The van der Waals surface area contributed by atoms with E-state index in [4.69, 9.17) is 0 Å². The van der Waals surface area contributed by atoms with Gasteiger partial charge in [0.25, 0.3) is 5.91 Å². The molecule has 0 aliphatic carbocycles. The van der Waals surface area contributed by atoms with Crippen molar-refractivity contribution in [3.63, 3.8) is 0 Å². The summed E-state index contributed by atoms with van der Waals surface area (Å²) >= 11 is 0. The van der Waals surface area contributed by atoms with Crippen LogP contribution in [-0.2, 0) is 0 Å². The Kier molecular flexibility index (Phi) is 4.88. The minimum Gasteiger partial charge on any atom is -0.336 e. The van der Waals surface area contributed by atoms with Gasteiger partial charge in [-0.05, 0) is 37.8 Å². The molecule has 114 valence electrons. The van der Waals surface area contributed by atoms with E-state index in [9.17, 15) is 19.3 Å². The molecule has 0 radical (unpaired) electrons. The SMILES string of the molecule is CCCC1CCCCN1C(=O)c1ccc([N+](=O)[O-])c(F)c1. The number of hydrogen-bond acceptors (Lipinski definition) is 3. The van der Waals surface area contributed by atoms with Crippen LogP contribution in [-0.4, -0.2) is 28.3 Å². The topological polar surface area (TPSA) is 63.5 Å².